The second kappa shape index (κ2) is 8.67. The maximum Gasteiger partial charge on any atom is 0.243 e. The lowest BCUT2D eigenvalue weighted by atomic mass is 9.70. The van der Waals surface area contributed by atoms with E-state index in [-0.39, 0.29) is 30.4 Å². The van der Waals surface area contributed by atoms with Gasteiger partial charge in [-0.25, -0.2) is 23.4 Å². The molecule has 1 aromatic carbocycles. The standard InChI is InChI=1S/C26H25N9O5S/c1-14-20-23(35(32-14)24-21-22(28-12-27-21)29-13-30-24)31-18(36)9-26(20)16-5-3-4-6-17(16)34(25(26)38)10-19(37)33(2)15-7-8-41(39,40)11-15/h3-6,12-13,15H,7-11H2,1-2H3,(H,31,36)(H,27,28,29,30)/t15-,26-/m0/s1. The lowest BCUT2D eigenvalue weighted by Gasteiger charge is -2.33. The van der Waals surface area contributed by atoms with Crippen molar-refractivity contribution in [2.75, 3.05) is 35.3 Å². The summed E-state index contributed by atoms with van der Waals surface area (Å²) < 4.78 is 25.5. The Morgan fingerprint density at radius 3 is 2.78 bits per heavy atom. The van der Waals surface area contributed by atoms with Crippen molar-refractivity contribution < 1.29 is 22.8 Å². The minimum Gasteiger partial charge on any atom is -0.340 e. The quantitative estimate of drug-likeness (QED) is 0.350. The molecule has 3 aromatic heterocycles. The maximum atomic E-state index is 14.5. The van der Waals surface area contributed by atoms with Crippen LogP contribution in [0.15, 0.2) is 36.9 Å². The van der Waals surface area contributed by atoms with E-state index in [4.69, 9.17) is 5.10 Å². The number of aromatic nitrogens is 6. The van der Waals surface area contributed by atoms with Crippen LogP contribution in [-0.4, -0.2) is 91.9 Å². The fourth-order valence-corrected chi connectivity index (χ4v) is 8.13. The first-order chi connectivity index (χ1) is 19.6. The Morgan fingerprint density at radius 1 is 1.20 bits per heavy atom. The van der Waals surface area contributed by atoms with Crippen molar-refractivity contribution in [1.82, 2.24) is 34.6 Å². The Hall–Kier alpha value is -4.66. The van der Waals surface area contributed by atoms with Gasteiger partial charge in [0.05, 0.1) is 23.5 Å². The Morgan fingerprint density at radius 2 is 2.00 bits per heavy atom. The van der Waals surface area contributed by atoms with E-state index in [0.29, 0.717) is 51.7 Å². The number of nitrogens with one attached hydrogen (secondary N) is 2. The molecule has 210 valence electrons. The third-order valence-corrected chi connectivity index (χ3v) is 10.0. The second-order valence-electron chi connectivity index (χ2n) is 10.6. The topological polar surface area (TPSA) is 176 Å². The van der Waals surface area contributed by atoms with E-state index >= 15 is 0 Å². The maximum absolute atomic E-state index is 14.5. The van der Waals surface area contributed by atoms with Gasteiger partial charge in [0, 0.05) is 30.8 Å². The highest BCUT2D eigenvalue weighted by molar-refractivity contribution is 7.91. The number of hydrogen-bond donors (Lipinski definition) is 2. The number of aryl methyl sites for hydroxylation is 1. The molecule has 15 heteroatoms. The molecule has 0 unspecified atom stereocenters. The van der Waals surface area contributed by atoms with Gasteiger partial charge in [0.25, 0.3) is 0 Å². The number of fused-ring (bicyclic) bond motifs is 5. The summed E-state index contributed by atoms with van der Waals surface area (Å²) in [4.78, 5) is 59.7. The molecule has 3 aliphatic heterocycles. The fourth-order valence-electron chi connectivity index (χ4n) is 6.35. The van der Waals surface area contributed by atoms with Crippen LogP contribution in [0.5, 0.6) is 0 Å². The smallest absolute Gasteiger partial charge is 0.243 e. The number of hydrogen-bond acceptors (Lipinski definition) is 9. The Balaban J connectivity index is 1.33. The zero-order chi connectivity index (χ0) is 28.7. The number of amides is 3. The van der Waals surface area contributed by atoms with E-state index in [1.54, 1.807) is 38.2 Å². The van der Waals surface area contributed by atoms with E-state index in [0.717, 1.165) is 0 Å². The SMILES string of the molecule is Cc1nn(-c2ncnc3nc[nH]c23)c2c1[C@@]1(CC(=O)N2)C(=O)N(CC(=O)N(C)[C@H]2CCS(=O)(=O)C2)c2ccccc21. The first-order valence-corrected chi connectivity index (χ1v) is 14.8. The third-order valence-electron chi connectivity index (χ3n) is 8.28. The van der Waals surface area contributed by atoms with Gasteiger partial charge < -0.3 is 20.1 Å². The molecule has 41 heavy (non-hydrogen) atoms. The summed E-state index contributed by atoms with van der Waals surface area (Å²) in [6, 6.07) is 6.65. The molecule has 1 saturated heterocycles. The lowest BCUT2D eigenvalue weighted by molar-refractivity contribution is -0.132. The number of anilines is 2. The minimum absolute atomic E-state index is 0.0300. The molecule has 1 fully saturated rings. The van der Waals surface area contributed by atoms with Crippen molar-refractivity contribution in [3.63, 3.8) is 0 Å². The summed E-state index contributed by atoms with van der Waals surface area (Å²) in [6.45, 7) is 1.47. The van der Waals surface area contributed by atoms with Gasteiger partial charge in [-0.2, -0.15) is 9.78 Å². The van der Waals surface area contributed by atoms with Crippen molar-refractivity contribution in [2.24, 2.45) is 0 Å². The fraction of sp³-hybridized carbons (Fsp3) is 0.346. The van der Waals surface area contributed by atoms with Crippen LogP contribution >= 0.6 is 0 Å². The van der Waals surface area contributed by atoms with Crippen LogP contribution in [0.25, 0.3) is 17.0 Å². The molecule has 3 aliphatic rings. The van der Waals surface area contributed by atoms with Crippen molar-refractivity contribution >= 4 is 50.2 Å². The molecular weight excluding hydrogens is 550 g/mol. The van der Waals surface area contributed by atoms with E-state index in [9.17, 15) is 22.8 Å². The predicted molar refractivity (Wildman–Crippen MR) is 146 cm³/mol. The molecule has 0 aliphatic carbocycles. The van der Waals surface area contributed by atoms with Gasteiger partial charge in [0.2, 0.25) is 17.7 Å². The average molecular weight is 576 g/mol. The lowest BCUT2D eigenvalue weighted by Crippen LogP contribution is -2.50. The Bertz CT molecular complexity index is 1900. The van der Waals surface area contributed by atoms with Gasteiger partial charge in [0.1, 0.15) is 29.6 Å². The molecule has 4 aromatic rings. The van der Waals surface area contributed by atoms with E-state index in [1.165, 1.54) is 27.1 Å². The van der Waals surface area contributed by atoms with Crippen LogP contribution in [0.3, 0.4) is 0 Å². The number of rotatable bonds is 4. The molecule has 7 rings (SSSR count). The normalized spacial score (nSPS) is 22.7. The zero-order valence-electron chi connectivity index (χ0n) is 22.2. The van der Waals surface area contributed by atoms with Crippen molar-refractivity contribution in [3.05, 3.63) is 53.7 Å². The summed E-state index contributed by atoms with van der Waals surface area (Å²) >= 11 is 0. The Labute approximate surface area is 233 Å². The number of carbonyl (C=O) groups is 3. The first kappa shape index (κ1) is 25.3. The summed E-state index contributed by atoms with van der Waals surface area (Å²) in [7, 11) is -1.64. The van der Waals surface area contributed by atoms with Crippen molar-refractivity contribution in [3.8, 4) is 5.82 Å². The van der Waals surface area contributed by atoms with Crippen LogP contribution in [0.1, 0.15) is 29.7 Å². The molecule has 3 amide bonds. The van der Waals surface area contributed by atoms with Gasteiger partial charge in [-0.3, -0.25) is 14.4 Å². The molecule has 6 heterocycles. The molecule has 14 nitrogen and oxygen atoms in total. The number of sulfone groups is 1. The number of aromatic amines is 1. The van der Waals surface area contributed by atoms with Gasteiger partial charge >= 0.3 is 0 Å². The number of benzene rings is 1. The van der Waals surface area contributed by atoms with E-state index < -0.39 is 33.1 Å². The van der Waals surface area contributed by atoms with Gasteiger partial charge in [0.15, 0.2) is 21.3 Å². The van der Waals surface area contributed by atoms with Crippen molar-refractivity contribution in [2.45, 2.75) is 31.2 Å². The van der Waals surface area contributed by atoms with Crippen LogP contribution in [0.4, 0.5) is 11.5 Å². The van der Waals surface area contributed by atoms with Crippen LogP contribution in [0.2, 0.25) is 0 Å². The highest BCUT2D eigenvalue weighted by Crippen LogP contribution is 2.53. The van der Waals surface area contributed by atoms with Crippen LogP contribution in [-0.2, 0) is 29.6 Å². The molecular formula is C26H25N9O5S. The minimum atomic E-state index is -3.20. The number of imidazole rings is 1. The highest BCUT2D eigenvalue weighted by atomic mass is 32.2. The predicted octanol–water partition coefficient (Wildman–Crippen LogP) is 0.467. The summed E-state index contributed by atoms with van der Waals surface area (Å²) in [5.41, 5.74) is 1.64. The third kappa shape index (κ3) is 3.61. The molecule has 0 bridgehead atoms. The van der Waals surface area contributed by atoms with Crippen LogP contribution < -0.4 is 10.2 Å². The number of likely N-dealkylation sites (N-methyl/N-ethyl adjacent to an activating group) is 1. The molecule has 0 radical (unpaired) electrons. The molecule has 2 N–H and O–H groups in total. The monoisotopic (exact) mass is 575 g/mol. The summed E-state index contributed by atoms with van der Waals surface area (Å²) in [6.07, 6.45) is 3.01. The number of nitrogens with zero attached hydrogens (tertiary/aromatic N) is 7. The summed E-state index contributed by atoms with van der Waals surface area (Å²) in [5, 5.41) is 7.58. The molecule has 1 spiro atoms. The molecule has 2 atom stereocenters. The number of para-hydroxylation sites is 1. The van der Waals surface area contributed by atoms with Crippen molar-refractivity contribution in [1.29, 1.82) is 0 Å². The van der Waals surface area contributed by atoms with Gasteiger partial charge in [-0.15, -0.1) is 0 Å². The Kier molecular flexibility index (Phi) is 5.35. The number of carbonyl (C=O) groups excluding carboxylic acids is 3. The van der Waals surface area contributed by atoms with Crippen LogP contribution in [0, 0.1) is 6.92 Å². The van der Waals surface area contributed by atoms with E-state index in [2.05, 4.69) is 25.3 Å². The zero-order valence-corrected chi connectivity index (χ0v) is 23.0. The van der Waals surface area contributed by atoms with Gasteiger partial charge in [-0.05, 0) is 25.0 Å². The first-order valence-electron chi connectivity index (χ1n) is 13.0. The highest BCUT2D eigenvalue weighted by Gasteiger charge is 2.58. The van der Waals surface area contributed by atoms with Gasteiger partial charge in [-0.1, -0.05) is 18.2 Å². The molecule has 0 saturated carbocycles. The summed E-state index contributed by atoms with van der Waals surface area (Å²) in [5.74, 6) is -0.611. The largest absolute Gasteiger partial charge is 0.340 e. The second-order valence-corrected chi connectivity index (χ2v) is 12.8. The number of H-pyrrole nitrogens is 1. The average Bonchev–Trinajstić information content (AvgIpc) is 3.70. The van der Waals surface area contributed by atoms with E-state index in [1.807, 2.05) is 0 Å².